The molecule has 0 aromatic carbocycles. The Labute approximate surface area is 149 Å². The molecule has 0 saturated carbocycles. The molecule has 0 fully saturated rings. The Hall–Kier alpha value is -2.61. The van der Waals surface area contributed by atoms with Gasteiger partial charge >= 0.3 is 0 Å². The van der Waals surface area contributed by atoms with Crippen LogP contribution in [-0.4, -0.2) is 37.2 Å². The van der Waals surface area contributed by atoms with Gasteiger partial charge in [0, 0.05) is 30.9 Å². The lowest BCUT2D eigenvalue weighted by molar-refractivity contribution is 0.0915. The first kappa shape index (κ1) is 17.2. The second-order valence-corrected chi connectivity index (χ2v) is 6.19. The van der Waals surface area contributed by atoms with Gasteiger partial charge in [-0.25, -0.2) is 0 Å². The van der Waals surface area contributed by atoms with Crippen molar-refractivity contribution in [3.05, 3.63) is 40.1 Å². The maximum atomic E-state index is 12.2. The number of rotatable bonds is 5. The molecule has 0 aliphatic carbocycles. The quantitative estimate of drug-likeness (QED) is 0.751. The molecule has 0 unspecified atom stereocenters. The lowest BCUT2D eigenvalue weighted by Gasteiger charge is -2.05. The van der Waals surface area contributed by atoms with E-state index in [0.717, 1.165) is 22.6 Å². The highest BCUT2D eigenvalue weighted by Gasteiger charge is 2.17. The van der Waals surface area contributed by atoms with Gasteiger partial charge in [0.05, 0.1) is 29.2 Å². The van der Waals surface area contributed by atoms with E-state index in [0.29, 0.717) is 23.8 Å². The van der Waals surface area contributed by atoms with Gasteiger partial charge in [0.15, 0.2) is 0 Å². The summed E-state index contributed by atoms with van der Waals surface area (Å²) in [7, 11) is 1.85. The third kappa shape index (κ3) is 3.30. The fraction of sp³-hybridized carbons (Fsp3) is 0.375. The van der Waals surface area contributed by atoms with E-state index in [9.17, 15) is 4.79 Å². The lowest BCUT2D eigenvalue weighted by Crippen LogP contribution is -2.27. The normalized spacial score (nSPS) is 11.1. The van der Waals surface area contributed by atoms with Crippen LogP contribution in [0.5, 0.6) is 0 Å². The van der Waals surface area contributed by atoms with Gasteiger partial charge in [0.25, 0.3) is 5.91 Å². The summed E-state index contributed by atoms with van der Waals surface area (Å²) in [5.41, 5.74) is 4.02. The Morgan fingerprint density at radius 1 is 1.32 bits per heavy atom. The molecule has 25 heavy (non-hydrogen) atoms. The van der Waals surface area contributed by atoms with Gasteiger partial charge in [0.2, 0.25) is 5.76 Å². The molecular formula is C16H19ClN6O2. The van der Waals surface area contributed by atoms with Crippen molar-refractivity contribution in [3.8, 4) is 11.3 Å². The molecule has 3 aromatic heterocycles. The van der Waals surface area contributed by atoms with Crippen LogP contribution in [-0.2, 0) is 13.6 Å². The molecule has 0 radical (unpaired) electrons. The topological polar surface area (TPSA) is 90.8 Å². The summed E-state index contributed by atoms with van der Waals surface area (Å²) in [6.45, 7) is 6.59. The lowest BCUT2D eigenvalue weighted by atomic mass is 10.2. The van der Waals surface area contributed by atoms with Gasteiger partial charge in [-0.1, -0.05) is 16.8 Å². The van der Waals surface area contributed by atoms with Gasteiger partial charge in [0.1, 0.15) is 5.69 Å². The molecule has 0 atom stereocenters. The summed E-state index contributed by atoms with van der Waals surface area (Å²) in [6, 6.07) is 1.61. The molecule has 8 nitrogen and oxygen atoms in total. The Balaban J connectivity index is 1.62. The Bertz CT molecular complexity index is 923. The monoisotopic (exact) mass is 362 g/mol. The van der Waals surface area contributed by atoms with Gasteiger partial charge in [-0.3, -0.25) is 14.2 Å². The number of amides is 1. The summed E-state index contributed by atoms with van der Waals surface area (Å²) in [5, 5.41) is 15.9. The number of hydrogen-bond donors (Lipinski definition) is 1. The van der Waals surface area contributed by atoms with E-state index < -0.39 is 0 Å². The van der Waals surface area contributed by atoms with Crippen molar-refractivity contribution in [2.24, 2.45) is 7.05 Å². The number of nitrogens with one attached hydrogen (secondary N) is 1. The van der Waals surface area contributed by atoms with Crippen LogP contribution in [0, 0.1) is 20.8 Å². The van der Waals surface area contributed by atoms with Gasteiger partial charge < -0.3 is 9.84 Å². The number of carbonyl (C=O) groups excluding carboxylic acids is 1. The van der Waals surface area contributed by atoms with Crippen LogP contribution in [0.25, 0.3) is 11.3 Å². The van der Waals surface area contributed by atoms with Crippen LogP contribution in [0.1, 0.15) is 27.6 Å². The predicted octanol–water partition coefficient (Wildman–Crippen LogP) is 2.28. The number of aromatic nitrogens is 5. The highest BCUT2D eigenvalue weighted by atomic mass is 35.5. The summed E-state index contributed by atoms with van der Waals surface area (Å²) < 4.78 is 8.66. The molecule has 0 aliphatic rings. The largest absolute Gasteiger partial charge is 0.350 e. The van der Waals surface area contributed by atoms with Crippen molar-refractivity contribution in [3.63, 3.8) is 0 Å². The van der Waals surface area contributed by atoms with Crippen LogP contribution in [0.4, 0.5) is 0 Å². The zero-order valence-corrected chi connectivity index (χ0v) is 15.3. The highest BCUT2D eigenvalue weighted by Crippen LogP contribution is 2.22. The second kappa shape index (κ2) is 6.72. The maximum Gasteiger partial charge on any atom is 0.289 e. The zero-order chi connectivity index (χ0) is 18.1. The molecule has 1 amide bonds. The molecule has 0 bridgehead atoms. The van der Waals surface area contributed by atoms with Crippen molar-refractivity contribution >= 4 is 17.5 Å². The number of nitrogens with zero attached hydrogens (tertiary/aromatic N) is 5. The van der Waals surface area contributed by atoms with Crippen molar-refractivity contribution in [2.75, 3.05) is 6.54 Å². The van der Waals surface area contributed by atoms with E-state index in [4.69, 9.17) is 16.1 Å². The van der Waals surface area contributed by atoms with E-state index in [1.807, 2.05) is 27.8 Å². The Kier molecular flexibility index (Phi) is 4.63. The standard InChI is InChI=1S/C16H19ClN6O2/c1-9-15(17)11(3)23(20-9)6-5-18-16(24)14-7-13(21-25-14)12-8-19-22(4)10(12)2/h7-8H,5-6H2,1-4H3,(H,18,24). The van der Waals surface area contributed by atoms with E-state index in [1.165, 1.54) is 0 Å². The maximum absolute atomic E-state index is 12.2. The molecule has 0 saturated heterocycles. The zero-order valence-electron chi connectivity index (χ0n) is 14.5. The second-order valence-electron chi connectivity index (χ2n) is 5.81. The SMILES string of the molecule is Cc1nn(CCNC(=O)c2cc(-c3cnn(C)c3C)no2)c(C)c1Cl. The first-order valence-electron chi connectivity index (χ1n) is 7.82. The van der Waals surface area contributed by atoms with E-state index in [2.05, 4.69) is 20.7 Å². The average molecular weight is 363 g/mol. The third-order valence-corrected chi connectivity index (χ3v) is 4.69. The smallest absolute Gasteiger partial charge is 0.289 e. The van der Waals surface area contributed by atoms with E-state index in [1.54, 1.807) is 21.6 Å². The van der Waals surface area contributed by atoms with Gasteiger partial charge in [-0.2, -0.15) is 10.2 Å². The molecule has 0 spiro atoms. The van der Waals surface area contributed by atoms with Gasteiger partial charge in [-0.15, -0.1) is 0 Å². The molecular weight excluding hydrogens is 344 g/mol. The fourth-order valence-corrected chi connectivity index (χ4v) is 2.65. The molecule has 1 N–H and O–H groups in total. The van der Waals surface area contributed by atoms with Crippen LogP contribution in [0.15, 0.2) is 16.8 Å². The summed E-state index contributed by atoms with van der Waals surface area (Å²) in [6.07, 6.45) is 1.70. The first-order valence-corrected chi connectivity index (χ1v) is 8.19. The summed E-state index contributed by atoms with van der Waals surface area (Å²) >= 11 is 6.11. The Morgan fingerprint density at radius 3 is 2.68 bits per heavy atom. The van der Waals surface area contributed by atoms with Crippen LogP contribution in [0.3, 0.4) is 0 Å². The first-order chi connectivity index (χ1) is 11.9. The minimum absolute atomic E-state index is 0.157. The number of hydrogen-bond acceptors (Lipinski definition) is 5. The van der Waals surface area contributed by atoms with Crippen molar-refractivity contribution in [1.82, 2.24) is 30.0 Å². The molecule has 3 rings (SSSR count). The third-order valence-electron chi connectivity index (χ3n) is 4.15. The summed E-state index contributed by atoms with van der Waals surface area (Å²) in [4.78, 5) is 12.2. The molecule has 3 heterocycles. The van der Waals surface area contributed by atoms with E-state index >= 15 is 0 Å². The molecule has 0 aliphatic heterocycles. The number of aryl methyl sites for hydroxylation is 2. The average Bonchev–Trinajstić information content (AvgIpc) is 3.25. The van der Waals surface area contributed by atoms with Crippen molar-refractivity contribution in [2.45, 2.75) is 27.3 Å². The Morgan fingerprint density at radius 2 is 2.08 bits per heavy atom. The van der Waals surface area contributed by atoms with Crippen molar-refractivity contribution in [1.29, 1.82) is 0 Å². The number of halogens is 1. The number of carbonyl (C=O) groups is 1. The van der Waals surface area contributed by atoms with Crippen molar-refractivity contribution < 1.29 is 9.32 Å². The highest BCUT2D eigenvalue weighted by molar-refractivity contribution is 6.31. The summed E-state index contributed by atoms with van der Waals surface area (Å²) in [5.74, 6) is -0.169. The van der Waals surface area contributed by atoms with Crippen LogP contribution >= 0.6 is 11.6 Å². The fourth-order valence-electron chi connectivity index (χ4n) is 2.51. The molecule has 9 heteroatoms. The minimum Gasteiger partial charge on any atom is -0.350 e. The molecule has 3 aromatic rings. The van der Waals surface area contributed by atoms with Gasteiger partial charge in [-0.05, 0) is 20.8 Å². The minimum atomic E-state index is -0.326. The predicted molar refractivity (Wildman–Crippen MR) is 92.5 cm³/mol. The van der Waals surface area contributed by atoms with Crippen LogP contribution in [0.2, 0.25) is 5.02 Å². The van der Waals surface area contributed by atoms with Crippen LogP contribution < -0.4 is 5.32 Å². The molecule has 132 valence electrons. The van der Waals surface area contributed by atoms with E-state index in [-0.39, 0.29) is 11.7 Å².